The van der Waals surface area contributed by atoms with E-state index in [0.29, 0.717) is 12.0 Å². The van der Waals surface area contributed by atoms with Gasteiger partial charge in [0.15, 0.2) is 5.75 Å². The summed E-state index contributed by atoms with van der Waals surface area (Å²) in [6.45, 7) is -0.153. The number of nitro groups is 1. The summed E-state index contributed by atoms with van der Waals surface area (Å²) < 4.78 is 4.87. The van der Waals surface area contributed by atoms with E-state index in [-0.39, 0.29) is 18.0 Å². The predicted octanol–water partition coefficient (Wildman–Crippen LogP) is 0.465. The maximum absolute atomic E-state index is 10.7. The molecule has 0 aliphatic heterocycles. The molecule has 1 aromatic carbocycles. The Morgan fingerprint density at radius 2 is 2.31 bits per heavy atom. The van der Waals surface area contributed by atoms with Crippen LogP contribution in [0.1, 0.15) is 5.56 Å². The molecule has 0 heterocycles. The largest absolute Gasteiger partial charge is 0.490 e. The SMILES string of the molecule is COc1ccc(CC(N)CO)cc1[N+](=O)[O-]. The van der Waals surface area contributed by atoms with Gasteiger partial charge in [0.1, 0.15) is 0 Å². The average molecular weight is 226 g/mol. The van der Waals surface area contributed by atoms with Crippen LogP contribution in [0, 0.1) is 10.1 Å². The number of nitrogens with zero attached hydrogens (tertiary/aromatic N) is 1. The minimum Gasteiger partial charge on any atom is -0.490 e. The van der Waals surface area contributed by atoms with E-state index in [1.54, 1.807) is 6.07 Å². The number of methoxy groups -OCH3 is 1. The minimum atomic E-state index is -0.507. The quantitative estimate of drug-likeness (QED) is 0.561. The van der Waals surface area contributed by atoms with Gasteiger partial charge >= 0.3 is 5.69 Å². The van der Waals surface area contributed by atoms with E-state index in [0.717, 1.165) is 0 Å². The Bertz CT molecular complexity index is 381. The highest BCUT2D eigenvalue weighted by molar-refractivity contribution is 5.48. The Balaban J connectivity index is 2.97. The van der Waals surface area contributed by atoms with Gasteiger partial charge in [0, 0.05) is 12.1 Å². The van der Waals surface area contributed by atoms with Crippen molar-refractivity contribution in [2.75, 3.05) is 13.7 Å². The van der Waals surface area contributed by atoms with Gasteiger partial charge in [-0.05, 0) is 18.1 Å². The van der Waals surface area contributed by atoms with Crippen molar-refractivity contribution in [2.45, 2.75) is 12.5 Å². The van der Waals surface area contributed by atoms with Crippen LogP contribution in [0.5, 0.6) is 5.75 Å². The van der Waals surface area contributed by atoms with Crippen LogP contribution in [-0.2, 0) is 6.42 Å². The van der Waals surface area contributed by atoms with Gasteiger partial charge in [-0.1, -0.05) is 6.07 Å². The molecule has 0 spiro atoms. The van der Waals surface area contributed by atoms with Crippen LogP contribution in [0.25, 0.3) is 0 Å². The van der Waals surface area contributed by atoms with Gasteiger partial charge in [-0.2, -0.15) is 0 Å². The predicted molar refractivity (Wildman–Crippen MR) is 58.4 cm³/mol. The Hall–Kier alpha value is -1.66. The molecule has 3 N–H and O–H groups in total. The van der Waals surface area contributed by atoms with Crippen molar-refractivity contribution in [2.24, 2.45) is 5.73 Å². The summed E-state index contributed by atoms with van der Waals surface area (Å²) in [7, 11) is 1.38. The van der Waals surface area contributed by atoms with E-state index in [1.807, 2.05) is 0 Å². The average Bonchev–Trinajstić information content (AvgIpc) is 2.28. The monoisotopic (exact) mass is 226 g/mol. The van der Waals surface area contributed by atoms with Crippen molar-refractivity contribution in [3.8, 4) is 5.75 Å². The smallest absolute Gasteiger partial charge is 0.311 e. The number of aliphatic hydroxyl groups excluding tert-OH is 1. The van der Waals surface area contributed by atoms with E-state index in [1.165, 1.54) is 19.2 Å². The van der Waals surface area contributed by atoms with Crippen LogP contribution < -0.4 is 10.5 Å². The summed E-state index contributed by atoms with van der Waals surface area (Å²) in [5, 5.41) is 19.5. The molecule has 16 heavy (non-hydrogen) atoms. The number of nitrogens with two attached hydrogens (primary N) is 1. The van der Waals surface area contributed by atoms with E-state index < -0.39 is 11.0 Å². The van der Waals surface area contributed by atoms with Crippen LogP contribution >= 0.6 is 0 Å². The number of ether oxygens (including phenoxy) is 1. The lowest BCUT2D eigenvalue weighted by Gasteiger charge is -2.08. The van der Waals surface area contributed by atoms with E-state index in [2.05, 4.69) is 0 Å². The molecule has 1 aromatic rings. The Labute approximate surface area is 92.8 Å². The third-order valence-corrected chi connectivity index (χ3v) is 2.17. The summed E-state index contributed by atoms with van der Waals surface area (Å²) in [6.07, 6.45) is 0.390. The number of rotatable bonds is 5. The van der Waals surface area contributed by atoms with Crippen LogP contribution in [0.2, 0.25) is 0 Å². The molecule has 1 unspecified atom stereocenters. The molecule has 0 aliphatic carbocycles. The molecular weight excluding hydrogens is 212 g/mol. The van der Waals surface area contributed by atoms with Crippen molar-refractivity contribution in [1.29, 1.82) is 0 Å². The summed E-state index contributed by atoms with van der Waals surface area (Å²) in [4.78, 5) is 10.2. The topological polar surface area (TPSA) is 98.6 Å². The normalized spacial score (nSPS) is 12.2. The first kappa shape index (κ1) is 12.4. The molecule has 1 atom stereocenters. The molecule has 0 fully saturated rings. The third-order valence-electron chi connectivity index (χ3n) is 2.17. The van der Waals surface area contributed by atoms with E-state index in [9.17, 15) is 10.1 Å². The first-order valence-electron chi connectivity index (χ1n) is 4.76. The Kier molecular flexibility index (Phi) is 4.21. The van der Waals surface area contributed by atoms with Gasteiger partial charge in [0.25, 0.3) is 0 Å². The number of aliphatic hydroxyl groups is 1. The summed E-state index contributed by atoms with van der Waals surface area (Å²) in [6, 6.07) is 4.22. The second kappa shape index (κ2) is 5.43. The molecule has 0 saturated carbocycles. The maximum Gasteiger partial charge on any atom is 0.311 e. The zero-order valence-electron chi connectivity index (χ0n) is 8.92. The van der Waals surface area contributed by atoms with Gasteiger partial charge in [-0.25, -0.2) is 0 Å². The third kappa shape index (κ3) is 2.91. The minimum absolute atomic E-state index is 0.0925. The van der Waals surface area contributed by atoms with Gasteiger partial charge in [-0.15, -0.1) is 0 Å². The lowest BCUT2D eigenvalue weighted by Crippen LogP contribution is -2.26. The van der Waals surface area contributed by atoms with Crippen LogP contribution in [0.3, 0.4) is 0 Å². The van der Waals surface area contributed by atoms with Gasteiger partial charge in [0.05, 0.1) is 18.6 Å². The number of benzene rings is 1. The van der Waals surface area contributed by atoms with Crippen molar-refractivity contribution >= 4 is 5.69 Å². The molecule has 88 valence electrons. The molecule has 1 rings (SSSR count). The maximum atomic E-state index is 10.7. The summed E-state index contributed by atoms with van der Waals surface area (Å²) >= 11 is 0. The Morgan fingerprint density at radius 3 is 2.81 bits per heavy atom. The molecular formula is C10H14N2O4. The van der Waals surface area contributed by atoms with Crippen LogP contribution in [0.4, 0.5) is 5.69 Å². The van der Waals surface area contributed by atoms with Gasteiger partial charge < -0.3 is 15.6 Å². The van der Waals surface area contributed by atoms with Crippen molar-refractivity contribution in [1.82, 2.24) is 0 Å². The second-order valence-corrected chi connectivity index (χ2v) is 3.41. The van der Waals surface area contributed by atoms with Crippen LogP contribution in [-0.4, -0.2) is 29.8 Å². The molecule has 6 heteroatoms. The highest BCUT2D eigenvalue weighted by Gasteiger charge is 2.15. The van der Waals surface area contributed by atoms with Crippen molar-refractivity contribution in [3.63, 3.8) is 0 Å². The highest BCUT2D eigenvalue weighted by atomic mass is 16.6. The van der Waals surface area contributed by atoms with Gasteiger partial charge in [0.2, 0.25) is 0 Å². The molecule has 0 amide bonds. The van der Waals surface area contributed by atoms with Crippen molar-refractivity contribution < 1.29 is 14.8 Å². The van der Waals surface area contributed by atoms with Crippen LogP contribution in [0.15, 0.2) is 18.2 Å². The molecule has 0 aromatic heterocycles. The van der Waals surface area contributed by atoms with Gasteiger partial charge in [-0.3, -0.25) is 10.1 Å². The van der Waals surface area contributed by atoms with Crippen molar-refractivity contribution in [3.05, 3.63) is 33.9 Å². The fraction of sp³-hybridized carbons (Fsp3) is 0.400. The lowest BCUT2D eigenvalue weighted by molar-refractivity contribution is -0.385. The lowest BCUT2D eigenvalue weighted by atomic mass is 10.1. The first-order valence-corrected chi connectivity index (χ1v) is 4.76. The first-order chi connectivity index (χ1) is 7.58. The number of hydrogen-bond donors (Lipinski definition) is 2. The Morgan fingerprint density at radius 1 is 1.62 bits per heavy atom. The fourth-order valence-electron chi connectivity index (χ4n) is 1.37. The summed E-state index contributed by atoms with van der Waals surface area (Å²) in [5.74, 6) is 0.214. The fourth-order valence-corrected chi connectivity index (χ4v) is 1.37. The summed E-state index contributed by atoms with van der Waals surface area (Å²) in [5.41, 5.74) is 6.16. The molecule has 0 radical (unpaired) electrons. The molecule has 0 aliphatic rings. The van der Waals surface area contributed by atoms with E-state index >= 15 is 0 Å². The molecule has 0 saturated heterocycles. The highest BCUT2D eigenvalue weighted by Crippen LogP contribution is 2.27. The number of hydrogen-bond acceptors (Lipinski definition) is 5. The second-order valence-electron chi connectivity index (χ2n) is 3.41. The molecule has 6 nitrogen and oxygen atoms in total. The zero-order chi connectivity index (χ0) is 12.1. The molecule has 0 bridgehead atoms. The van der Waals surface area contributed by atoms with E-state index in [4.69, 9.17) is 15.6 Å². The zero-order valence-corrected chi connectivity index (χ0v) is 8.92. The standard InChI is InChI=1S/C10H14N2O4/c1-16-10-3-2-7(4-8(11)6-13)5-9(10)12(14)15/h2-3,5,8,13H,4,6,11H2,1H3. The number of nitro benzene ring substituents is 1.